The Balaban J connectivity index is 1.66. The van der Waals surface area contributed by atoms with E-state index < -0.39 is 6.04 Å². The van der Waals surface area contributed by atoms with Crippen molar-refractivity contribution < 1.29 is 14.3 Å². The summed E-state index contributed by atoms with van der Waals surface area (Å²) < 4.78 is 5.17. The molecular weight excluding hydrogens is 452 g/mol. The number of nitrogens with two attached hydrogens (primary N) is 1. The van der Waals surface area contributed by atoms with Gasteiger partial charge in [-0.15, -0.1) is 11.8 Å². The number of anilines is 1. The van der Waals surface area contributed by atoms with Gasteiger partial charge in [-0.3, -0.25) is 15.0 Å². The fraction of sp³-hybridized carbons (Fsp3) is 0.292. The van der Waals surface area contributed by atoms with E-state index in [0.29, 0.717) is 28.3 Å². The first-order valence-electron chi connectivity index (χ1n) is 10.9. The molecule has 1 saturated heterocycles. The highest BCUT2D eigenvalue weighted by Gasteiger charge is 2.22. The van der Waals surface area contributed by atoms with Crippen LogP contribution in [0.3, 0.4) is 0 Å². The van der Waals surface area contributed by atoms with Crippen LogP contribution in [-0.4, -0.2) is 57.4 Å². The van der Waals surface area contributed by atoms with Gasteiger partial charge < -0.3 is 20.7 Å². The van der Waals surface area contributed by atoms with Gasteiger partial charge in [0.2, 0.25) is 0 Å². The summed E-state index contributed by atoms with van der Waals surface area (Å²) in [6.07, 6.45) is 1.49. The number of carbonyl (C=O) groups excluding carboxylic acids is 2. The number of nitrogen functional groups attached to an aromatic ring is 1. The van der Waals surface area contributed by atoms with E-state index in [1.807, 2.05) is 17.0 Å². The number of aromatic nitrogens is 2. The van der Waals surface area contributed by atoms with Gasteiger partial charge in [-0.1, -0.05) is 18.2 Å². The number of nitrogens with one attached hydrogen (secondary N) is 2. The molecule has 2 heterocycles. The standard InChI is InChI=1S/C24H26N6O3S/c1-2-33-21(31)12-19(15-4-3-5-16(10-15)22(25)26)29-23-18-7-6-17(11-20(18)27-13-28-23)24(32)30-8-9-34-14-30/h3-7,10-11,13,19H,2,8-9,12,14H2,1H3,(H3,25,26)(H,27,28,29). The number of hydrogen-bond acceptors (Lipinski definition) is 8. The number of thioether (sulfide) groups is 1. The molecule has 0 saturated carbocycles. The Morgan fingerprint density at radius 2 is 2.09 bits per heavy atom. The fourth-order valence-corrected chi connectivity index (χ4v) is 4.73. The average molecular weight is 479 g/mol. The van der Waals surface area contributed by atoms with E-state index in [9.17, 15) is 9.59 Å². The van der Waals surface area contributed by atoms with Gasteiger partial charge in [0.05, 0.1) is 30.5 Å². The second-order valence-electron chi connectivity index (χ2n) is 7.81. The number of amidine groups is 1. The Morgan fingerprint density at radius 3 is 2.82 bits per heavy atom. The number of rotatable bonds is 8. The molecule has 34 heavy (non-hydrogen) atoms. The van der Waals surface area contributed by atoms with Crippen molar-refractivity contribution in [3.8, 4) is 0 Å². The topological polar surface area (TPSA) is 134 Å². The predicted molar refractivity (Wildman–Crippen MR) is 133 cm³/mol. The maximum Gasteiger partial charge on any atom is 0.308 e. The van der Waals surface area contributed by atoms with E-state index in [4.69, 9.17) is 15.9 Å². The number of fused-ring (bicyclic) bond motifs is 1. The Bertz CT molecular complexity index is 1230. The van der Waals surface area contributed by atoms with E-state index >= 15 is 0 Å². The van der Waals surface area contributed by atoms with Crippen LogP contribution < -0.4 is 11.1 Å². The zero-order valence-electron chi connectivity index (χ0n) is 18.8. The van der Waals surface area contributed by atoms with Crippen LogP contribution in [0.1, 0.15) is 40.9 Å². The Morgan fingerprint density at radius 1 is 1.24 bits per heavy atom. The lowest BCUT2D eigenvalue weighted by atomic mass is 10.0. The van der Waals surface area contributed by atoms with Crippen LogP contribution >= 0.6 is 11.8 Å². The summed E-state index contributed by atoms with van der Waals surface area (Å²) in [5.74, 6) is 1.75. The molecular formula is C24H26N6O3S. The summed E-state index contributed by atoms with van der Waals surface area (Å²) in [5.41, 5.74) is 8.20. The Hall–Kier alpha value is -3.66. The lowest BCUT2D eigenvalue weighted by Crippen LogP contribution is -2.27. The number of ether oxygens (including phenoxy) is 1. The van der Waals surface area contributed by atoms with Crippen molar-refractivity contribution in [3.63, 3.8) is 0 Å². The molecule has 9 nitrogen and oxygen atoms in total. The molecule has 1 amide bonds. The van der Waals surface area contributed by atoms with Gasteiger partial charge >= 0.3 is 5.97 Å². The largest absolute Gasteiger partial charge is 0.466 e. The summed E-state index contributed by atoms with van der Waals surface area (Å²) in [4.78, 5) is 35.7. The molecule has 2 aromatic carbocycles. The number of esters is 1. The molecule has 1 aliphatic heterocycles. The van der Waals surface area contributed by atoms with Gasteiger partial charge in [0.25, 0.3) is 5.91 Å². The van der Waals surface area contributed by atoms with Crippen molar-refractivity contribution in [1.82, 2.24) is 14.9 Å². The van der Waals surface area contributed by atoms with Crippen molar-refractivity contribution in [1.29, 1.82) is 5.41 Å². The third-order valence-corrected chi connectivity index (χ3v) is 6.48. The van der Waals surface area contributed by atoms with Crippen molar-refractivity contribution in [3.05, 3.63) is 65.5 Å². The van der Waals surface area contributed by atoms with Crippen LogP contribution in [0.5, 0.6) is 0 Å². The van der Waals surface area contributed by atoms with Gasteiger partial charge in [0.15, 0.2) is 0 Å². The maximum absolute atomic E-state index is 12.8. The minimum atomic E-state index is -0.473. The maximum atomic E-state index is 12.8. The molecule has 1 atom stereocenters. The second-order valence-corrected chi connectivity index (χ2v) is 8.88. The average Bonchev–Trinajstić information content (AvgIpc) is 3.38. The molecule has 1 fully saturated rings. The zero-order chi connectivity index (χ0) is 24.1. The Labute approximate surface area is 201 Å². The first-order valence-corrected chi connectivity index (χ1v) is 12.1. The minimum Gasteiger partial charge on any atom is -0.466 e. The number of benzene rings is 2. The number of amides is 1. The lowest BCUT2D eigenvalue weighted by molar-refractivity contribution is -0.143. The summed E-state index contributed by atoms with van der Waals surface area (Å²) in [7, 11) is 0. The molecule has 3 aromatic rings. The number of carbonyl (C=O) groups is 2. The highest BCUT2D eigenvalue weighted by Crippen LogP contribution is 2.28. The van der Waals surface area contributed by atoms with Crippen molar-refractivity contribution in [2.24, 2.45) is 5.73 Å². The van der Waals surface area contributed by atoms with E-state index in [2.05, 4.69) is 15.3 Å². The molecule has 0 spiro atoms. The van der Waals surface area contributed by atoms with Crippen molar-refractivity contribution in [2.45, 2.75) is 19.4 Å². The van der Waals surface area contributed by atoms with E-state index in [0.717, 1.165) is 23.2 Å². The molecule has 0 aliphatic carbocycles. The lowest BCUT2D eigenvalue weighted by Gasteiger charge is -2.21. The predicted octanol–water partition coefficient (Wildman–Crippen LogP) is 3.17. The van der Waals surface area contributed by atoms with Crippen LogP contribution in [0.4, 0.5) is 5.82 Å². The summed E-state index contributed by atoms with van der Waals surface area (Å²) >= 11 is 1.74. The van der Waals surface area contributed by atoms with Crippen LogP contribution in [-0.2, 0) is 9.53 Å². The second kappa shape index (κ2) is 10.5. The highest BCUT2D eigenvalue weighted by molar-refractivity contribution is 7.99. The van der Waals surface area contributed by atoms with Crippen LogP contribution in [0, 0.1) is 5.41 Å². The molecule has 0 bridgehead atoms. The van der Waals surface area contributed by atoms with Crippen LogP contribution in [0.15, 0.2) is 48.8 Å². The van der Waals surface area contributed by atoms with E-state index in [1.165, 1.54) is 6.33 Å². The van der Waals surface area contributed by atoms with Crippen LogP contribution in [0.2, 0.25) is 0 Å². The SMILES string of the molecule is CCOC(=O)CC(Nc1ncnc2cc(C(=O)N3CCSC3)ccc12)c1cccc(C(=N)N)c1. The van der Waals surface area contributed by atoms with Gasteiger partial charge in [-0.2, -0.15) is 0 Å². The van der Waals surface area contributed by atoms with Crippen molar-refractivity contribution in [2.75, 3.05) is 30.1 Å². The van der Waals surface area contributed by atoms with E-state index in [1.54, 1.807) is 49.0 Å². The smallest absolute Gasteiger partial charge is 0.308 e. The molecule has 1 aromatic heterocycles. The van der Waals surface area contributed by atoms with Gasteiger partial charge in [0, 0.05) is 28.8 Å². The third-order valence-electron chi connectivity index (χ3n) is 5.51. The van der Waals surface area contributed by atoms with Gasteiger partial charge in [0.1, 0.15) is 18.0 Å². The first-order chi connectivity index (χ1) is 16.5. The Kier molecular flexibility index (Phi) is 7.27. The number of hydrogen-bond donors (Lipinski definition) is 3. The molecule has 4 rings (SSSR count). The van der Waals surface area contributed by atoms with E-state index in [-0.39, 0.29) is 30.7 Å². The van der Waals surface area contributed by atoms with Gasteiger partial charge in [-0.05, 0) is 36.8 Å². The molecule has 176 valence electrons. The van der Waals surface area contributed by atoms with Gasteiger partial charge in [-0.25, -0.2) is 9.97 Å². The molecule has 1 unspecified atom stereocenters. The van der Waals surface area contributed by atoms with Crippen molar-refractivity contribution >= 4 is 46.2 Å². The molecule has 10 heteroatoms. The first kappa shape index (κ1) is 23.5. The third kappa shape index (κ3) is 5.28. The normalized spacial score (nSPS) is 14.1. The zero-order valence-corrected chi connectivity index (χ0v) is 19.6. The molecule has 1 aliphatic rings. The fourth-order valence-electron chi connectivity index (χ4n) is 3.79. The summed E-state index contributed by atoms with van der Waals surface area (Å²) in [6, 6.07) is 12.1. The minimum absolute atomic E-state index is 0.0127. The van der Waals surface area contributed by atoms with Crippen LogP contribution in [0.25, 0.3) is 10.9 Å². The molecule has 4 N–H and O–H groups in total. The quantitative estimate of drug-likeness (QED) is 0.255. The molecule has 0 radical (unpaired) electrons. The highest BCUT2D eigenvalue weighted by atomic mass is 32.2. The monoisotopic (exact) mass is 478 g/mol. The summed E-state index contributed by atoms with van der Waals surface area (Å²) in [6.45, 7) is 2.78. The number of nitrogens with zero attached hydrogens (tertiary/aromatic N) is 3. The summed E-state index contributed by atoms with van der Waals surface area (Å²) in [5, 5.41) is 11.8.